The summed E-state index contributed by atoms with van der Waals surface area (Å²) >= 11 is 3.46. The summed E-state index contributed by atoms with van der Waals surface area (Å²) in [6.07, 6.45) is 1.72. The first kappa shape index (κ1) is 21.6. The summed E-state index contributed by atoms with van der Waals surface area (Å²) in [5.41, 5.74) is 2.17. The molecule has 1 saturated heterocycles. The first-order valence-corrected chi connectivity index (χ1v) is 11.4. The van der Waals surface area contributed by atoms with Crippen LogP contribution in [-0.4, -0.2) is 35.5 Å². The van der Waals surface area contributed by atoms with Gasteiger partial charge in [0.05, 0.1) is 18.3 Å². The van der Waals surface area contributed by atoms with E-state index in [1.165, 1.54) is 0 Å². The maximum absolute atomic E-state index is 13.5. The van der Waals surface area contributed by atoms with Crippen LogP contribution in [-0.2, 0) is 32.0 Å². The van der Waals surface area contributed by atoms with Crippen LogP contribution < -0.4 is 0 Å². The average molecular weight is 484 g/mol. The highest BCUT2D eigenvalue weighted by Gasteiger charge is 2.55. The highest BCUT2D eigenvalue weighted by molar-refractivity contribution is 9.10. The Morgan fingerprint density at radius 3 is 2.48 bits per heavy atom. The van der Waals surface area contributed by atoms with E-state index in [0.717, 1.165) is 15.6 Å². The van der Waals surface area contributed by atoms with E-state index in [-0.39, 0.29) is 24.5 Å². The Morgan fingerprint density at radius 1 is 1.10 bits per heavy atom. The van der Waals surface area contributed by atoms with Gasteiger partial charge in [-0.3, -0.25) is 4.79 Å². The van der Waals surface area contributed by atoms with Crippen LogP contribution in [0.1, 0.15) is 25.0 Å². The molecule has 1 amide bonds. The minimum atomic E-state index is -0.789. The predicted molar refractivity (Wildman–Crippen MR) is 121 cm³/mol. The van der Waals surface area contributed by atoms with E-state index in [1.54, 1.807) is 13.8 Å². The number of nitrogens with zero attached hydrogens (tertiary/aromatic N) is 1. The Balaban J connectivity index is 1.71. The maximum atomic E-state index is 13.5. The van der Waals surface area contributed by atoms with Crippen LogP contribution in [0.5, 0.6) is 0 Å². The Morgan fingerprint density at radius 2 is 1.81 bits per heavy atom. The molecule has 0 spiro atoms. The van der Waals surface area contributed by atoms with Crippen LogP contribution in [0.4, 0.5) is 0 Å². The molecule has 4 unspecified atom stereocenters. The topological polar surface area (TPSA) is 55.8 Å². The van der Waals surface area contributed by atoms with Crippen molar-refractivity contribution < 1.29 is 19.1 Å². The second kappa shape index (κ2) is 9.27. The molecule has 0 aromatic heterocycles. The zero-order valence-corrected chi connectivity index (χ0v) is 19.2. The number of ether oxygens (including phenoxy) is 2. The molecule has 2 aliphatic rings. The molecule has 0 N–H and O–H groups in total. The normalized spacial score (nSPS) is 24.9. The number of hydrogen-bond donors (Lipinski definition) is 0. The van der Waals surface area contributed by atoms with Crippen LogP contribution in [0, 0.1) is 11.8 Å². The van der Waals surface area contributed by atoms with Crippen molar-refractivity contribution in [1.29, 1.82) is 0 Å². The van der Waals surface area contributed by atoms with Gasteiger partial charge in [0, 0.05) is 23.0 Å². The van der Waals surface area contributed by atoms with Crippen LogP contribution in [0.2, 0.25) is 0 Å². The Labute approximate surface area is 191 Å². The third kappa shape index (κ3) is 4.54. The lowest BCUT2D eigenvalue weighted by Gasteiger charge is -2.34. The third-order valence-electron chi connectivity index (χ3n) is 5.98. The van der Waals surface area contributed by atoms with E-state index in [9.17, 15) is 9.59 Å². The van der Waals surface area contributed by atoms with Crippen LogP contribution in [0.25, 0.3) is 0 Å². The number of rotatable bonds is 6. The number of carbonyl (C=O) groups excluding carboxylic acids is 2. The van der Waals surface area contributed by atoms with Gasteiger partial charge in [-0.2, -0.15) is 0 Å². The van der Waals surface area contributed by atoms with Crippen molar-refractivity contribution in [1.82, 2.24) is 4.90 Å². The number of halogens is 1. The Bertz CT molecular complexity index is 973. The smallest absolute Gasteiger partial charge is 0.347 e. The maximum Gasteiger partial charge on any atom is 0.347 e. The Kier molecular flexibility index (Phi) is 6.46. The van der Waals surface area contributed by atoms with E-state index in [0.29, 0.717) is 18.7 Å². The van der Waals surface area contributed by atoms with E-state index in [1.807, 2.05) is 53.4 Å². The molecule has 6 heteroatoms. The number of allylic oxidation sites excluding steroid dienone is 1. The molecule has 1 fully saturated rings. The van der Waals surface area contributed by atoms with Gasteiger partial charge in [0.15, 0.2) is 0 Å². The quantitative estimate of drug-likeness (QED) is 0.567. The van der Waals surface area contributed by atoms with Gasteiger partial charge in [-0.05, 0) is 49.6 Å². The fourth-order valence-electron chi connectivity index (χ4n) is 4.62. The summed E-state index contributed by atoms with van der Waals surface area (Å²) in [4.78, 5) is 28.2. The SMILES string of the molecule is CCOC(=O)C1OC(C)=CC2C(=O)N(Cc3ccc(Br)cc3)C(Cc3ccccc3)C21. The standard InChI is InChI=1S/C25H26BrNO4/c1-3-30-25(29)23-22-20(13-16(2)31-23)24(28)27(15-18-9-11-19(26)12-10-18)21(22)14-17-7-5-4-6-8-17/h4-13,20-23H,3,14-15H2,1-2H3. The Hall–Kier alpha value is -2.60. The molecular formula is C25H26BrNO4. The summed E-state index contributed by atoms with van der Waals surface area (Å²) in [6, 6.07) is 17.9. The van der Waals surface area contributed by atoms with Crippen molar-refractivity contribution in [3.8, 4) is 0 Å². The molecule has 31 heavy (non-hydrogen) atoms. The summed E-state index contributed by atoms with van der Waals surface area (Å²) in [5, 5.41) is 0. The molecule has 2 heterocycles. The van der Waals surface area contributed by atoms with E-state index in [2.05, 4.69) is 28.1 Å². The number of hydrogen-bond acceptors (Lipinski definition) is 4. The first-order chi connectivity index (χ1) is 15.0. The second-order valence-corrected chi connectivity index (χ2v) is 8.94. The van der Waals surface area contributed by atoms with Crippen molar-refractivity contribution in [3.63, 3.8) is 0 Å². The zero-order chi connectivity index (χ0) is 22.0. The summed E-state index contributed by atoms with van der Waals surface area (Å²) in [7, 11) is 0. The van der Waals surface area contributed by atoms with Gasteiger partial charge >= 0.3 is 5.97 Å². The van der Waals surface area contributed by atoms with Gasteiger partial charge in [0.1, 0.15) is 0 Å². The van der Waals surface area contributed by atoms with E-state index < -0.39 is 18.0 Å². The summed E-state index contributed by atoms with van der Waals surface area (Å²) in [5.74, 6) is -0.470. The fraction of sp³-hybridized carbons (Fsp3) is 0.360. The lowest BCUT2D eigenvalue weighted by molar-refractivity contribution is -0.160. The summed E-state index contributed by atoms with van der Waals surface area (Å²) in [6.45, 7) is 4.33. The van der Waals surface area contributed by atoms with Crippen LogP contribution >= 0.6 is 15.9 Å². The van der Waals surface area contributed by atoms with Crippen molar-refractivity contribution in [2.75, 3.05) is 6.61 Å². The molecule has 0 aliphatic carbocycles. The molecule has 0 bridgehead atoms. The van der Waals surface area contributed by atoms with Gasteiger partial charge in [-0.25, -0.2) is 4.79 Å². The largest absolute Gasteiger partial charge is 0.483 e. The molecule has 4 rings (SSSR count). The highest BCUT2D eigenvalue weighted by Crippen LogP contribution is 2.42. The van der Waals surface area contributed by atoms with Crippen molar-refractivity contribution in [2.45, 2.75) is 39.0 Å². The fourth-order valence-corrected chi connectivity index (χ4v) is 4.89. The molecule has 2 aromatic rings. The lowest BCUT2D eigenvalue weighted by atomic mass is 9.81. The van der Waals surface area contributed by atoms with Gasteiger partial charge < -0.3 is 14.4 Å². The van der Waals surface area contributed by atoms with Gasteiger partial charge in [0.2, 0.25) is 12.0 Å². The average Bonchev–Trinajstić information content (AvgIpc) is 3.01. The molecule has 0 radical (unpaired) electrons. The van der Waals surface area contributed by atoms with Crippen molar-refractivity contribution >= 4 is 27.8 Å². The molecule has 162 valence electrons. The molecule has 4 atom stereocenters. The van der Waals surface area contributed by atoms with Crippen molar-refractivity contribution in [3.05, 3.63) is 82.0 Å². The number of esters is 1. The van der Waals surface area contributed by atoms with Crippen LogP contribution in [0.3, 0.4) is 0 Å². The lowest BCUT2D eigenvalue weighted by Crippen LogP contribution is -2.45. The molecular weight excluding hydrogens is 458 g/mol. The number of carbonyl (C=O) groups is 2. The van der Waals surface area contributed by atoms with Crippen LogP contribution in [0.15, 0.2) is 70.9 Å². The predicted octanol–water partition coefficient (Wildman–Crippen LogP) is 4.50. The zero-order valence-electron chi connectivity index (χ0n) is 17.7. The minimum absolute atomic E-state index is 0.0331. The van der Waals surface area contributed by atoms with Gasteiger partial charge in [-0.15, -0.1) is 0 Å². The van der Waals surface area contributed by atoms with E-state index in [4.69, 9.17) is 9.47 Å². The minimum Gasteiger partial charge on any atom is -0.483 e. The number of likely N-dealkylation sites (tertiary alicyclic amines) is 1. The summed E-state index contributed by atoms with van der Waals surface area (Å²) < 4.78 is 12.3. The highest BCUT2D eigenvalue weighted by atomic mass is 79.9. The van der Waals surface area contributed by atoms with Gasteiger partial charge in [-0.1, -0.05) is 58.4 Å². The van der Waals surface area contributed by atoms with E-state index >= 15 is 0 Å². The monoisotopic (exact) mass is 483 g/mol. The molecule has 0 saturated carbocycles. The molecule has 2 aromatic carbocycles. The first-order valence-electron chi connectivity index (χ1n) is 10.6. The molecule has 2 aliphatic heterocycles. The number of amides is 1. The molecule has 5 nitrogen and oxygen atoms in total. The number of benzene rings is 2. The number of fused-ring (bicyclic) bond motifs is 1. The van der Waals surface area contributed by atoms with Gasteiger partial charge in [0.25, 0.3) is 0 Å². The van der Waals surface area contributed by atoms with Crippen molar-refractivity contribution in [2.24, 2.45) is 11.8 Å². The third-order valence-corrected chi connectivity index (χ3v) is 6.51. The second-order valence-electron chi connectivity index (χ2n) is 8.02.